The molecule has 0 aliphatic carbocycles. The molecule has 8 nitrogen and oxygen atoms in total. The lowest BCUT2D eigenvalue weighted by Crippen LogP contribution is -2.49. The van der Waals surface area contributed by atoms with E-state index in [4.69, 9.17) is 0 Å². The molecule has 2 fully saturated rings. The Kier molecular flexibility index (Phi) is 6.64. The molecule has 2 saturated heterocycles. The van der Waals surface area contributed by atoms with Crippen molar-refractivity contribution in [1.29, 1.82) is 0 Å². The minimum absolute atomic E-state index is 0.188. The summed E-state index contributed by atoms with van der Waals surface area (Å²) in [6, 6.07) is 4.22. The summed E-state index contributed by atoms with van der Waals surface area (Å²) in [5.41, 5.74) is 1.36. The Morgan fingerprint density at radius 1 is 1.03 bits per heavy atom. The van der Waals surface area contributed by atoms with Gasteiger partial charge in [-0.05, 0) is 62.5 Å². The first-order valence-electron chi connectivity index (χ1n) is 11.3. The number of piperidine rings is 1. The van der Waals surface area contributed by atoms with Gasteiger partial charge in [0.1, 0.15) is 6.04 Å². The third-order valence-electron chi connectivity index (χ3n) is 6.56. The third kappa shape index (κ3) is 4.63. The van der Waals surface area contributed by atoms with Crippen LogP contribution in [0, 0.1) is 0 Å². The van der Waals surface area contributed by atoms with Crippen molar-refractivity contribution in [3.8, 4) is 0 Å². The van der Waals surface area contributed by atoms with Crippen molar-refractivity contribution in [2.75, 3.05) is 44.2 Å². The molecule has 0 aromatic heterocycles. The van der Waals surface area contributed by atoms with Gasteiger partial charge in [0.25, 0.3) is 0 Å². The van der Waals surface area contributed by atoms with Gasteiger partial charge in [-0.1, -0.05) is 6.42 Å². The number of amides is 2. The number of likely N-dealkylation sites (tertiary alicyclic amines) is 1. The van der Waals surface area contributed by atoms with Gasteiger partial charge in [-0.2, -0.15) is 4.31 Å². The minimum atomic E-state index is -3.54. The Labute approximate surface area is 184 Å². The number of carbonyl (C=O) groups excluding carboxylic acids is 2. The molecular weight excluding hydrogens is 416 g/mol. The van der Waals surface area contributed by atoms with Crippen molar-refractivity contribution in [2.24, 2.45) is 0 Å². The van der Waals surface area contributed by atoms with Crippen molar-refractivity contribution >= 4 is 27.5 Å². The fraction of sp³-hybridized carbons (Fsp3) is 0.636. The van der Waals surface area contributed by atoms with Gasteiger partial charge >= 0.3 is 0 Å². The van der Waals surface area contributed by atoms with Crippen LogP contribution in [0.25, 0.3) is 0 Å². The van der Waals surface area contributed by atoms with Crippen LogP contribution in [0.2, 0.25) is 0 Å². The predicted molar refractivity (Wildman–Crippen MR) is 118 cm³/mol. The maximum absolute atomic E-state index is 12.9. The van der Waals surface area contributed by atoms with Crippen molar-refractivity contribution in [2.45, 2.75) is 56.4 Å². The quantitative estimate of drug-likeness (QED) is 0.710. The summed E-state index contributed by atoms with van der Waals surface area (Å²) in [5.74, 6) is -0.405. The number of nitrogens with zero attached hydrogens (tertiary/aromatic N) is 3. The number of sulfonamides is 1. The summed E-state index contributed by atoms with van der Waals surface area (Å²) in [6.45, 7) is 6.02. The molecule has 0 bridgehead atoms. The van der Waals surface area contributed by atoms with Gasteiger partial charge in [-0.25, -0.2) is 8.42 Å². The van der Waals surface area contributed by atoms with Crippen molar-refractivity contribution < 1.29 is 18.0 Å². The lowest BCUT2D eigenvalue weighted by atomic mass is 10.1. The number of rotatable bonds is 6. The number of hydrogen-bond donors (Lipinski definition) is 1. The Morgan fingerprint density at radius 3 is 2.39 bits per heavy atom. The van der Waals surface area contributed by atoms with E-state index in [1.165, 1.54) is 35.4 Å². The van der Waals surface area contributed by atoms with E-state index in [1.807, 2.05) is 0 Å². The van der Waals surface area contributed by atoms with Crippen LogP contribution >= 0.6 is 0 Å². The minimum Gasteiger partial charge on any atom is -0.353 e. The summed E-state index contributed by atoms with van der Waals surface area (Å²) in [6.07, 6.45) is 5.75. The van der Waals surface area contributed by atoms with E-state index in [1.54, 1.807) is 18.2 Å². The summed E-state index contributed by atoms with van der Waals surface area (Å²) >= 11 is 0. The SMILES string of the molecule is CC(=O)N1c2ccc(S(=O)(=O)N3CCCC3)cc2C[C@@H]1C(=O)NCCN1CCCCC1. The molecule has 1 N–H and O–H groups in total. The highest BCUT2D eigenvalue weighted by molar-refractivity contribution is 7.89. The fourth-order valence-electron chi connectivity index (χ4n) is 4.90. The Hall–Kier alpha value is -1.97. The molecule has 0 spiro atoms. The molecule has 170 valence electrons. The highest BCUT2D eigenvalue weighted by Gasteiger charge is 2.38. The van der Waals surface area contributed by atoms with Gasteiger partial charge < -0.3 is 10.2 Å². The van der Waals surface area contributed by atoms with Gasteiger partial charge in [-0.3, -0.25) is 14.5 Å². The van der Waals surface area contributed by atoms with Crippen LogP contribution in [-0.2, 0) is 26.0 Å². The van der Waals surface area contributed by atoms with Crippen molar-refractivity contribution in [3.05, 3.63) is 23.8 Å². The molecule has 1 atom stereocenters. The van der Waals surface area contributed by atoms with Gasteiger partial charge in [0.05, 0.1) is 4.90 Å². The zero-order valence-electron chi connectivity index (χ0n) is 18.2. The molecule has 3 aliphatic heterocycles. The molecule has 3 heterocycles. The average Bonchev–Trinajstić information content (AvgIpc) is 3.42. The monoisotopic (exact) mass is 448 g/mol. The Balaban J connectivity index is 1.46. The van der Waals surface area contributed by atoms with Crippen LogP contribution in [0.1, 0.15) is 44.6 Å². The van der Waals surface area contributed by atoms with Crippen LogP contribution in [0.4, 0.5) is 5.69 Å². The number of carbonyl (C=O) groups is 2. The summed E-state index contributed by atoms with van der Waals surface area (Å²) in [7, 11) is -3.54. The van der Waals surface area contributed by atoms with E-state index in [9.17, 15) is 18.0 Å². The maximum atomic E-state index is 12.9. The molecule has 1 aromatic rings. The molecule has 2 amide bonds. The van der Waals surface area contributed by atoms with Gasteiger partial charge in [0.15, 0.2) is 0 Å². The fourth-order valence-corrected chi connectivity index (χ4v) is 6.47. The summed E-state index contributed by atoms with van der Waals surface area (Å²) in [5, 5.41) is 2.98. The largest absolute Gasteiger partial charge is 0.353 e. The Bertz CT molecular complexity index is 937. The van der Waals surface area contributed by atoms with Crippen molar-refractivity contribution in [3.63, 3.8) is 0 Å². The van der Waals surface area contributed by atoms with Crippen LogP contribution in [0.15, 0.2) is 23.1 Å². The van der Waals surface area contributed by atoms with Crippen LogP contribution in [0.3, 0.4) is 0 Å². The van der Waals surface area contributed by atoms with Crippen LogP contribution < -0.4 is 10.2 Å². The molecule has 3 aliphatic rings. The maximum Gasteiger partial charge on any atom is 0.243 e. The van der Waals surface area contributed by atoms with E-state index in [2.05, 4.69) is 10.2 Å². The molecule has 0 unspecified atom stereocenters. The zero-order chi connectivity index (χ0) is 22.0. The van der Waals surface area contributed by atoms with E-state index in [-0.39, 0.29) is 16.7 Å². The molecule has 1 aromatic carbocycles. The number of nitrogens with one attached hydrogen (secondary N) is 1. The number of benzene rings is 1. The first-order valence-corrected chi connectivity index (χ1v) is 12.7. The molecule has 0 saturated carbocycles. The molecule has 0 radical (unpaired) electrons. The lowest BCUT2D eigenvalue weighted by molar-refractivity contribution is -0.125. The average molecular weight is 449 g/mol. The van der Waals surface area contributed by atoms with Gasteiger partial charge in [0, 0.05) is 45.2 Å². The van der Waals surface area contributed by atoms with Crippen LogP contribution in [0.5, 0.6) is 0 Å². The number of anilines is 1. The topological polar surface area (TPSA) is 90.0 Å². The molecule has 9 heteroatoms. The van der Waals surface area contributed by atoms with Gasteiger partial charge in [0.2, 0.25) is 21.8 Å². The van der Waals surface area contributed by atoms with Crippen LogP contribution in [-0.4, -0.2) is 74.7 Å². The van der Waals surface area contributed by atoms with E-state index in [0.717, 1.165) is 38.0 Å². The summed E-state index contributed by atoms with van der Waals surface area (Å²) in [4.78, 5) is 29.3. The number of hydrogen-bond acceptors (Lipinski definition) is 5. The zero-order valence-corrected chi connectivity index (χ0v) is 19.0. The molecule has 4 rings (SSSR count). The van der Waals surface area contributed by atoms with E-state index < -0.39 is 16.1 Å². The molecule has 31 heavy (non-hydrogen) atoms. The van der Waals surface area contributed by atoms with Gasteiger partial charge in [-0.15, -0.1) is 0 Å². The predicted octanol–water partition coefficient (Wildman–Crippen LogP) is 1.35. The first kappa shape index (κ1) is 22.2. The number of fused-ring (bicyclic) bond motifs is 1. The van der Waals surface area contributed by atoms with E-state index >= 15 is 0 Å². The second kappa shape index (κ2) is 9.26. The normalized spacial score (nSPS) is 22.5. The summed E-state index contributed by atoms with van der Waals surface area (Å²) < 4.78 is 27.3. The second-order valence-electron chi connectivity index (χ2n) is 8.70. The van der Waals surface area contributed by atoms with E-state index in [0.29, 0.717) is 31.7 Å². The lowest BCUT2D eigenvalue weighted by Gasteiger charge is -2.27. The van der Waals surface area contributed by atoms with Crippen molar-refractivity contribution in [1.82, 2.24) is 14.5 Å². The highest BCUT2D eigenvalue weighted by atomic mass is 32.2. The standard InChI is InChI=1S/C22H32N4O4S/c1-17(27)26-20-8-7-19(31(29,30)25-12-5-6-13-25)15-18(20)16-21(26)22(28)23-9-14-24-10-3-2-4-11-24/h7-8,15,21H,2-6,9-14,16H2,1H3,(H,23,28)/t21-/m1/s1. The highest BCUT2D eigenvalue weighted by Crippen LogP contribution is 2.35. The smallest absolute Gasteiger partial charge is 0.243 e. The third-order valence-corrected chi connectivity index (χ3v) is 8.45. The first-order chi connectivity index (χ1) is 14.9. The Morgan fingerprint density at radius 2 is 1.71 bits per heavy atom. The second-order valence-corrected chi connectivity index (χ2v) is 10.6. The molecular formula is C22H32N4O4S.